The average molecular weight is 500 g/mol. The van der Waals surface area contributed by atoms with Gasteiger partial charge >= 0.3 is 5.82 Å². The second-order valence-corrected chi connectivity index (χ2v) is 10.6. The van der Waals surface area contributed by atoms with Gasteiger partial charge in [0.25, 0.3) is 0 Å². The van der Waals surface area contributed by atoms with Crippen LogP contribution in [-0.2, 0) is 16.6 Å². The quantitative estimate of drug-likeness (QED) is 0.279. The van der Waals surface area contributed by atoms with E-state index in [9.17, 15) is 18.5 Å². The van der Waals surface area contributed by atoms with E-state index in [0.717, 1.165) is 24.6 Å². The number of sulfonamides is 1. The topological polar surface area (TPSA) is 129 Å². The SMILES string of the molecule is CCn1c(Sc2nc3ccccn3c2[N+](=O)[O-])nnc1-c1cccc(S(=O)(=O)N2CCCC2)c1. The van der Waals surface area contributed by atoms with Gasteiger partial charge in [0.05, 0.1) is 11.1 Å². The first-order chi connectivity index (χ1) is 16.4. The fraction of sp³-hybridized carbons (Fsp3) is 0.286. The summed E-state index contributed by atoms with van der Waals surface area (Å²) in [6, 6.07) is 11.8. The summed E-state index contributed by atoms with van der Waals surface area (Å²) in [5.41, 5.74) is 1.06. The van der Waals surface area contributed by atoms with Gasteiger partial charge in [-0.05, 0) is 54.6 Å². The van der Waals surface area contributed by atoms with E-state index in [1.54, 1.807) is 53.2 Å². The number of nitro groups is 1. The summed E-state index contributed by atoms with van der Waals surface area (Å²) in [6.45, 7) is 3.43. The maximum atomic E-state index is 13.0. The Morgan fingerprint density at radius 2 is 1.91 bits per heavy atom. The monoisotopic (exact) mass is 499 g/mol. The summed E-state index contributed by atoms with van der Waals surface area (Å²) in [6.07, 6.45) is 3.31. The first kappa shape index (κ1) is 22.5. The molecule has 0 spiro atoms. The second-order valence-electron chi connectivity index (χ2n) is 7.72. The lowest BCUT2D eigenvalue weighted by Crippen LogP contribution is -2.27. The van der Waals surface area contributed by atoms with E-state index in [2.05, 4.69) is 15.2 Å². The van der Waals surface area contributed by atoms with Crippen molar-refractivity contribution in [3.63, 3.8) is 0 Å². The summed E-state index contributed by atoms with van der Waals surface area (Å²) < 4.78 is 30.7. The van der Waals surface area contributed by atoms with Crippen LogP contribution in [0.25, 0.3) is 17.0 Å². The van der Waals surface area contributed by atoms with Gasteiger partial charge in [0.1, 0.15) is 0 Å². The molecule has 0 aliphatic carbocycles. The van der Waals surface area contributed by atoms with Gasteiger partial charge < -0.3 is 14.7 Å². The summed E-state index contributed by atoms with van der Waals surface area (Å²) >= 11 is 1.05. The van der Waals surface area contributed by atoms with E-state index in [-0.39, 0.29) is 15.7 Å². The maximum Gasteiger partial charge on any atom is 0.362 e. The van der Waals surface area contributed by atoms with Crippen molar-refractivity contribution in [3.05, 3.63) is 58.8 Å². The van der Waals surface area contributed by atoms with Crippen LogP contribution in [0.15, 0.2) is 63.7 Å². The number of hydrogen-bond donors (Lipinski definition) is 0. The van der Waals surface area contributed by atoms with E-state index in [1.807, 2.05) is 6.92 Å². The molecular weight excluding hydrogens is 478 g/mol. The maximum absolute atomic E-state index is 13.0. The Kier molecular flexibility index (Phi) is 5.83. The van der Waals surface area contributed by atoms with Gasteiger partial charge in [0.2, 0.25) is 20.7 Å². The summed E-state index contributed by atoms with van der Waals surface area (Å²) in [5, 5.41) is 20.9. The molecule has 11 nitrogen and oxygen atoms in total. The summed E-state index contributed by atoms with van der Waals surface area (Å²) in [5.74, 6) is 0.335. The highest BCUT2D eigenvalue weighted by molar-refractivity contribution is 7.99. The summed E-state index contributed by atoms with van der Waals surface area (Å²) in [7, 11) is -3.58. The smallest absolute Gasteiger partial charge is 0.358 e. The first-order valence-electron chi connectivity index (χ1n) is 10.7. The number of nitrogens with zero attached hydrogens (tertiary/aromatic N) is 7. The van der Waals surface area contributed by atoms with Crippen molar-refractivity contribution in [2.45, 2.75) is 41.4 Å². The van der Waals surface area contributed by atoms with Gasteiger partial charge in [-0.25, -0.2) is 8.42 Å². The highest BCUT2D eigenvalue weighted by Gasteiger charge is 2.29. The molecule has 0 unspecified atom stereocenters. The van der Waals surface area contributed by atoms with E-state index in [4.69, 9.17) is 0 Å². The molecule has 0 bridgehead atoms. The van der Waals surface area contributed by atoms with Gasteiger partial charge in [-0.2, -0.15) is 13.7 Å². The minimum atomic E-state index is -3.58. The number of rotatable bonds is 7. The fourth-order valence-corrected chi connectivity index (χ4v) is 6.57. The predicted molar refractivity (Wildman–Crippen MR) is 125 cm³/mol. The molecule has 0 atom stereocenters. The van der Waals surface area contributed by atoms with Crippen LogP contribution in [-0.4, -0.2) is 54.9 Å². The Hall–Kier alpha value is -3.29. The van der Waals surface area contributed by atoms with Gasteiger partial charge in [0, 0.05) is 31.3 Å². The highest BCUT2D eigenvalue weighted by atomic mass is 32.2. The lowest BCUT2D eigenvalue weighted by Gasteiger charge is -2.16. The van der Waals surface area contributed by atoms with E-state index in [1.165, 1.54) is 8.71 Å². The molecule has 3 aromatic heterocycles. The molecule has 1 aliphatic heterocycles. The van der Waals surface area contributed by atoms with E-state index >= 15 is 0 Å². The van der Waals surface area contributed by atoms with Crippen molar-refractivity contribution >= 4 is 33.3 Å². The molecule has 1 aromatic carbocycles. The molecule has 5 rings (SSSR count). The molecule has 1 saturated heterocycles. The van der Waals surface area contributed by atoms with E-state index in [0.29, 0.717) is 41.8 Å². The molecule has 0 amide bonds. The minimum Gasteiger partial charge on any atom is -0.358 e. The number of benzene rings is 1. The van der Waals surface area contributed by atoms with Crippen molar-refractivity contribution < 1.29 is 13.3 Å². The van der Waals surface area contributed by atoms with Crippen LogP contribution in [0.3, 0.4) is 0 Å². The van der Waals surface area contributed by atoms with Crippen LogP contribution >= 0.6 is 11.8 Å². The van der Waals surface area contributed by atoms with Crippen LogP contribution in [0.1, 0.15) is 19.8 Å². The Morgan fingerprint density at radius 1 is 1.12 bits per heavy atom. The van der Waals surface area contributed by atoms with Crippen molar-refractivity contribution in [2.24, 2.45) is 0 Å². The van der Waals surface area contributed by atoms with Crippen LogP contribution in [0.2, 0.25) is 0 Å². The average Bonchev–Trinajstić information content (AvgIpc) is 3.57. The second kappa shape index (κ2) is 8.81. The number of fused-ring (bicyclic) bond motifs is 1. The van der Waals surface area contributed by atoms with Crippen LogP contribution in [0.5, 0.6) is 0 Å². The van der Waals surface area contributed by atoms with Crippen LogP contribution < -0.4 is 0 Å². The Bertz CT molecular complexity index is 1490. The molecule has 1 fully saturated rings. The molecule has 0 radical (unpaired) electrons. The Balaban J connectivity index is 1.52. The molecule has 4 heterocycles. The number of imidazole rings is 1. The van der Waals surface area contributed by atoms with Crippen molar-refractivity contribution in [1.29, 1.82) is 0 Å². The predicted octanol–water partition coefficient (Wildman–Crippen LogP) is 3.46. The number of pyridine rings is 1. The zero-order chi connectivity index (χ0) is 23.9. The summed E-state index contributed by atoms with van der Waals surface area (Å²) in [4.78, 5) is 15.9. The number of aromatic nitrogens is 5. The first-order valence-corrected chi connectivity index (χ1v) is 13.0. The third-order valence-electron chi connectivity index (χ3n) is 5.66. The normalized spacial score (nSPS) is 14.7. The molecule has 1 aliphatic rings. The molecule has 34 heavy (non-hydrogen) atoms. The van der Waals surface area contributed by atoms with Gasteiger partial charge in [-0.15, -0.1) is 10.2 Å². The van der Waals surface area contributed by atoms with Gasteiger partial charge in [0.15, 0.2) is 11.0 Å². The fourth-order valence-electron chi connectivity index (χ4n) is 4.02. The number of hydrogen-bond acceptors (Lipinski definition) is 8. The largest absolute Gasteiger partial charge is 0.362 e. The van der Waals surface area contributed by atoms with Crippen LogP contribution in [0.4, 0.5) is 5.82 Å². The third kappa shape index (κ3) is 3.85. The highest BCUT2D eigenvalue weighted by Crippen LogP contribution is 2.36. The molecule has 13 heteroatoms. The lowest BCUT2D eigenvalue weighted by atomic mass is 10.2. The molecule has 0 N–H and O–H groups in total. The molecular formula is C21H21N7O4S2. The van der Waals surface area contributed by atoms with E-state index < -0.39 is 14.9 Å². The third-order valence-corrected chi connectivity index (χ3v) is 8.51. The lowest BCUT2D eigenvalue weighted by molar-refractivity contribution is -0.393. The zero-order valence-corrected chi connectivity index (χ0v) is 19.9. The van der Waals surface area contributed by atoms with Crippen molar-refractivity contribution in [2.75, 3.05) is 13.1 Å². The van der Waals surface area contributed by atoms with Crippen molar-refractivity contribution in [3.8, 4) is 11.4 Å². The molecule has 0 saturated carbocycles. The van der Waals surface area contributed by atoms with Crippen molar-refractivity contribution in [1.82, 2.24) is 28.5 Å². The molecule has 4 aromatic rings. The van der Waals surface area contributed by atoms with Gasteiger partial charge in [-0.3, -0.25) is 0 Å². The zero-order valence-electron chi connectivity index (χ0n) is 18.2. The van der Waals surface area contributed by atoms with Crippen LogP contribution in [0, 0.1) is 10.1 Å². The standard InChI is InChI=1S/C21H21N7O4S2/c1-2-26-18(15-8-7-9-16(14-15)34(31,32)25-11-5-6-12-25)23-24-21(26)33-19-20(28(29)30)27-13-4-3-10-17(27)22-19/h3-4,7-10,13-14H,2,5-6,11-12H2,1H3. The van der Waals surface area contributed by atoms with Gasteiger partial charge in [-0.1, -0.05) is 18.2 Å². The minimum absolute atomic E-state index is 0.147. The Labute approximate surface area is 199 Å². The Morgan fingerprint density at radius 3 is 2.65 bits per heavy atom. The molecule has 176 valence electrons.